The third kappa shape index (κ3) is 2.10. The zero-order valence-corrected chi connectivity index (χ0v) is 8.82. The van der Waals surface area contributed by atoms with E-state index in [4.69, 9.17) is 15.3 Å². The third-order valence-electron chi connectivity index (χ3n) is 2.85. The van der Waals surface area contributed by atoms with Gasteiger partial charge in [-0.05, 0) is 12.8 Å². The van der Waals surface area contributed by atoms with Gasteiger partial charge in [0.25, 0.3) is 0 Å². The molecule has 0 aromatic carbocycles. The van der Waals surface area contributed by atoms with E-state index in [1.807, 2.05) is 19.1 Å². The molecule has 0 aromatic rings. The number of unbranched alkanes of at least 4 members (excludes halogenated alkanes) is 1. The molecule has 0 aromatic heterocycles. The summed E-state index contributed by atoms with van der Waals surface area (Å²) in [6, 6.07) is 4.02. The van der Waals surface area contributed by atoms with Gasteiger partial charge < -0.3 is 4.74 Å². The van der Waals surface area contributed by atoms with E-state index < -0.39 is 17.3 Å². The average Bonchev–Trinajstić information content (AvgIpc) is 2.68. The van der Waals surface area contributed by atoms with E-state index in [1.165, 1.54) is 0 Å². The highest BCUT2D eigenvalue weighted by Gasteiger charge is 2.47. The summed E-state index contributed by atoms with van der Waals surface area (Å²) < 4.78 is 4.81. The van der Waals surface area contributed by atoms with Crippen LogP contribution in [0.5, 0.6) is 0 Å². The summed E-state index contributed by atoms with van der Waals surface area (Å²) in [5, 5.41) is 18.2. The van der Waals surface area contributed by atoms with Gasteiger partial charge in [-0.15, -0.1) is 0 Å². The minimum atomic E-state index is -1.18. The van der Waals surface area contributed by atoms with Gasteiger partial charge in [-0.1, -0.05) is 19.8 Å². The number of hydrogen-bond donors (Lipinski definition) is 0. The minimum Gasteiger partial charge on any atom is -0.465 e. The van der Waals surface area contributed by atoms with E-state index in [9.17, 15) is 4.79 Å². The summed E-state index contributed by atoms with van der Waals surface area (Å²) in [6.45, 7) is 2.33. The molecule has 1 atom stereocenters. The number of esters is 1. The van der Waals surface area contributed by atoms with Crippen molar-refractivity contribution in [3.63, 3.8) is 0 Å². The average molecular weight is 206 g/mol. The van der Waals surface area contributed by atoms with Gasteiger partial charge in [0.15, 0.2) is 5.41 Å². The van der Waals surface area contributed by atoms with Crippen LogP contribution in [0.15, 0.2) is 0 Å². The van der Waals surface area contributed by atoms with E-state index in [0.717, 1.165) is 12.8 Å². The maximum Gasteiger partial charge on any atom is 0.311 e. The number of nitrogens with zero attached hydrogens (tertiary/aromatic N) is 2. The van der Waals surface area contributed by atoms with Gasteiger partial charge in [0.2, 0.25) is 0 Å². The molecule has 4 nitrogen and oxygen atoms in total. The van der Waals surface area contributed by atoms with Crippen molar-refractivity contribution in [2.45, 2.75) is 32.6 Å². The number of hydrogen-bond acceptors (Lipinski definition) is 4. The predicted octanol–water partition coefficient (Wildman–Crippen LogP) is 1.77. The van der Waals surface area contributed by atoms with Crippen molar-refractivity contribution in [2.75, 3.05) is 6.61 Å². The molecule has 1 rings (SSSR count). The molecule has 1 heterocycles. The lowest BCUT2D eigenvalue weighted by molar-refractivity contribution is -0.143. The topological polar surface area (TPSA) is 73.9 Å². The maximum absolute atomic E-state index is 11.4. The Morgan fingerprint density at radius 1 is 1.53 bits per heavy atom. The van der Waals surface area contributed by atoms with Crippen molar-refractivity contribution in [2.24, 2.45) is 11.3 Å². The monoisotopic (exact) mass is 206 g/mol. The number of nitriles is 2. The Morgan fingerprint density at radius 2 is 2.20 bits per heavy atom. The second-order valence-corrected chi connectivity index (χ2v) is 3.81. The van der Waals surface area contributed by atoms with Crippen LogP contribution < -0.4 is 0 Å². The van der Waals surface area contributed by atoms with E-state index >= 15 is 0 Å². The van der Waals surface area contributed by atoms with Crippen molar-refractivity contribution in [1.29, 1.82) is 10.5 Å². The molecule has 4 heteroatoms. The molecule has 1 unspecified atom stereocenters. The highest BCUT2D eigenvalue weighted by Crippen LogP contribution is 2.38. The summed E-state index contributed by atoms with van der Waals surface area (Å²) in [5.41, 5.74) is -1.18. The zero-order chi connectivity index (χ0) is 11.3. The summed E-state index contributed by atoms with van der Waals surface area (Å²) in [4.78, 5) is 11.4. The fourth-order valence-corrected chi connectivity index (χ4v) is 1.87. The highest BCUT2D eigenvalue weighted by molar-refractivity contribution is 5.76. The van der Waals surface area contributed by atoms with Crippen LogP contribution in [0.3, 0.4) is 0 Å². The van der Waals surface area contributed by atoms with Crippen molar-refractivity contribution >= 4 is 5.97 Å². The number of ether oxygens (including phenoxy) is 1. The summed E-state index contributed by atoms with van der Waals surface area (Å²) in [7, 11) is 0. The lowest BCUT2D eigenvalue weighted by Gasteiger charge is -2.21. The van der Waals surface area contributed by atoms with Crippen molar-refractivity contribution < 1.29 is 9.53 Å². The van der Waals surface area contributed by atoms with Gasteiger partial charge in [-0.2, -0.15) is 10.5 Å². The van der Waals surface area contributed by atoms with Crippen LogP contribution in [-0.4, -0.2) is 12.6 Å². The second-order valence-electron chi connectivity index (χ2n) is 3.81. The number of carbonyl (C=O) groups excluding carboxylic acids is 1. The molecule has 80 valence electrons. The quantitative estimate of drug-likeness (QED) is 0.657. The molecule has 1 aliphatic heterocycles. The first-order chi connectivity index (χ1) is 7.20. The van der Waals surface area contributed by atoms with E-state index in [-0.39, 0.29) is 0 Å². The highest BCUT2D eigenvalue weighted by atomic mass is 16.5. The molecular weight excluding hydrogens is 192 g/mol. The second kappa shape index (κ2) is 4.79. The SMILES string of the molecule is CCCCC(C#N)(C#N)C1CCOC1=O. The molecule has 0 N–H and O–H groups in total. The van der Waals surface area contributed by atoms with Crippen molar-refractivity contribution in [3.8, 4) is 12.1 Å². The Kier molecular flexibility index (Phi) is 3.68. The minimum absolute atomic E-state index is 0.334. The summed E-state index contributed by atoms with van der Waals surface area (Å²) in [6.07, 6.45) is 2.64. The van der Waals surface area contributed by atoms with E-state index in [1.54, 1.807) is 0 Å². The Bertz CT molecular complexity index is 310. The Balaban J connectivity index is 2.86. The zero-order valence-electron chi connectivity index (χ0n) is 8.82. The first kappa shape index (κ1) is 11.5. The van der Waals surface area contributed by atoms with Crippen molar-refractivity contribution in [1.82, 2.24) is 0 Å². The Hall–Kier alpha value is -1.55. The summed E-state index contributed by atoms with van der Waals surface area (Å²) >= 11 is 0. The maximum atomic E-state index is 11.4. The van der Waals surface area contributed by atoms with E-state index in [0.29, 0.717) is 19.4 Å². The van der Waals surface area contributed by atoms with Gasteiger partial charge in [0.1, 0.15) is 0 Å². The molecular formula is C11H14N2O2. The molecule has 0 spiro atoms. The molecule has 0 radical (unpaired) electrons. The van der Waals surface area contributed by atoms with Gasteiger partial charge in [-0.3, -0.25) is 4.79 Å². The van der Waals surface area contributed by atoms with Crippen LogP contribution in [0.25, 0.3) is 0 Å². The lowest BCUT2D eigenvalue weighted by atomic mass is 9.73. The third-order valence-corrected chi connectivity index (χ3v) is 2.85. The fraction of sp³-hybridized carbons (Fsp3) is 0.727. The molecule has 0 aliphatic carbocycles. The molecule has 0 saturated carbocycles. The molecule has 1 saturated heterocycles. The van der Waals surface area contributed by atoms with E-state index in [2.05, 4.69) is 0 Å². The van der Waals surface area contributed by atoms with Crippen LogP contribution >= 0.6 is 0 Å². The van der Waals surface area contributed by atoms with Crippen LogP contribution in [-0.2, 0) is 9.53 Å². The molecule has 0 bridgehead atoms. The molecule has 1 aliphatic rings. The van der Waals surface area contributed by atoms with Crippen LogP contribution in [0.4, 0.5) is 0 Å². The predicted molar refractivity (Wildman–Crippen MR) is 52.3 cm³/mol. The largest absolute Gasteiger partial charge is 0.465 e. The Labute approximate surface area is 89.4 Å². The lowest BCUT2D eigenvalue weighted by Crippen LogP contribution is -2.31. The first-order valence-corrected chi connectivity index (χ1v) is 5.19. The van der Waals surface area contributed by atoms with Crippen molar-refractivity contribution in [3.05, 3.63) is 0 Å². The van der Waals surface area contributed by atoms with Crippen LogP contribution in [0, 0.1) is 34.0 Å². The van der Waals surface area contributed by atoms with Gasteiger partial charge in [0.05, 0.1) is 24.7 Å². The van der Waals surface area contributed by atoms with Crippen LogP contribution in [0.1, 0.15) is 32.6 Å². The normalized spacial score (nSPS) is 20.5. The molecule has 15 heavy (non-hydrogen) atoms. The van der Waals surface area contributed by atoms with Gasteiger partial charge >= 0.3 is 5.97 Å². The molecule has 0 amide bonds. The first-order valence-electron chi connectivity index (χ1n) is 5.19. The number of rotatable bonds is 4. The smallest absolute Gasteiger partial charge is 0.311 e. The number of cyclic esters (lactones) is 1. The summed E-state index contributed by atoms with van der Waals surface area (Å²) in [5.74, 6) is -0.951. The Morgan fingerprint density at radius 3 is 2.60 bits per heavy atom. The number of carbonyl (C=O) groups is 1. The fourth-order valence-electron chi connectivity index (χ4n) is 1.87. The van der Waals surface area contributed by atoms with Crippen LogP contribution in [0.2, 0.25) is 0 Å². The standard InChI is InChI=1S/C11H14N2O2/c1-2-3-5-11(7-12,8-13)9-4-6-15-10(9)14/h9H,2-6H2,1H3. The van der Waals surface area contributed by atoms with Gasteiger partial charge in [-0.25, -0.2) is 0 Å². The van der Waals surface area contributed by atoms with Gasteiger partial charge in [0, 0.05) is 0 Å². The molecule has 1 fully saturated rings.